The van der Waals surface area contributed by atoms with Gasteiger partial charge in [0.1, 0.15) is 6.54 Å². The molecule has 7 nitrogen and oxygen atoms in total. The van der Waals surface area contributed by atoms with Gasteiger partial charge >= 0.3 is 0 Å². The summed E-state index contributed by atoms with van der Waals surface area (Å²) in [5, 5.41) is 15.3. The van der Waals surface area contributed by atoms with Crippen molar-refractivity contribution in [3.05, 3.63) is 54.1 Å². The van der Waals surface area contributed by atoms with E-state index in [2.05, 4.69) is 51.6 Å². The third-order valence-electron chi connectivity index (χ3n) is 5.20. The molecule has 2 aromatic carbocycles. The maximum atomic E-state index is 12.3. The van der Waals surface area contributed by atoms with Crippen molar-refractivity contribution >= 4 is 17.3 Å². The number of nitrogens with one attached hydrogen (secondary N) is 1. The molecule has 0 bridgehead atoms. The maximum absolute atomic E-state index is 12.3. The highest BCUT2D eigenvalue weighted by atomic mass is 16.2. The molecule has 4 rings (SSSR count). The summed E-state index contributed by atoms with van der Waals surface area (Å²) < 4.78 is 0. The van der Waals surface area contributed by atoms with Crippen molar-refractivity contribution in [2.75, 3.05) is 23.3 Å². The minimum Gasteiger partial charge on any atom is -0.372 e. The van der Waals surface area contributed by atoms with Crippen molar-refractivity contribution in [2.45, 2.75) is 39.2 Å². The van der Waals surface area contributed by atoms with Crippen molar-refractivity contribution in [1.29, 1.82) is 0 Å². The van der Waals surface area contributed by atoms with Crippen LogP contribution in [0.5, 0.6) is 0 Å². The van der Waals surface area contributed by atoms with Crippen LogP contribution in [0.3, 0.4) is 0 Å². The second kappa shape index (κ2) is 8.43. The minimum atomic E-state index is -0.182. The number of benzene rings is 2. The number of amides is 1. The predicted molar refractivity (Wildman–Crippen MR) is 114 cm³/mol. The lowest BCUT2D eigenvalue weighted by Gasteiger charge is -2.17. The Bertz CT molecular complexity index is 956. The van der Waals surface area contributed by atoms with Gasteiger partial charge in [-0.3, -0.25) is 4.79 Å². The molecule has 1 aliphatic heterocycles. The van der Waals surface area contributed by atoms with Gasteiger partial charge in [-0.05, 0) is 53.8 Å². The van der Waals surface area contributed by atoms with E-state index >= 15 is 0 Å². The van der Waals surface area contributed by atoms with Gasteiger partial charge in [0.15, 0.2) is 0 Å². The molecule has 1 fully saturated rings. The number of carbonyl (C=O) groups is 1. The fourth-order valence-corrected chi connectivity index (χ4v) is 3.50. The quantitative estimate of drug-likeness (QED) is 0.694. The first-order valence-electron chi connectivity index (χ1n) is 10.1. The SMILES string of the molecule is CC(C)c1ccc(-c2nnn(CC(=O)Nc3ccc(N4CCCC4)cc3)n2)cc1. The van der Waals surface area contributed by atoms with E-state index in [4.69, 9.17) is 0 Å². The van der Waals surface area contributed by atoms with Crippen LogP contribution in [0.4, 0.5) is 11.4 Å². The Morgan fingerprint density at radius 2 is 1.72 bits per heavy atom. The van der Waals surface area contributed by atoms with E-state index in [1.165, 1.54) is 28.9 Å². The maximum Gasteiger partial charge on any atom is 0.248 e. The molecule has 0 radical (unpaired) electrons. The van der Waals surface area contributed by atoms with Gasteiger partial charge in [0.25, 0.3) is 0 Å². The topological polar surface area (TPSA) is 75.9 Å². The predicted octanol–water partition coefficient (Wildman–Crippen LogP) is 3.70. The van der Waals surface area contributed by atoms with Gasteiger partial charge in [0.05, 0.1) is 0 Å². The number of rotatable bonds is 6. The second-order valence-electron chi connectivity index (χ2n) is 7.71. The van der Waals surface area contributed by atoms with E-state index < -0.39 is 0 Å². The molecule has 150 valence electrons. The zero-order chi connectivity index (χ0) is 20.2. The van der Waals surface area contributed by atoms with E-state index in [0.717, 1.165) is 24.3 Å². The van der Waals surface area contributed by atoms with E-state index in [1.807, 2.05) is 36.4 Å². The van der Waals surface area contributed by atoms with Crippen LogP contribution in [0.25, 0.3) is 11.4 Å². The largest absolute Gasteiger partial charge is 0.372 e. The summed E-state index contributed by atoms with van der Waals surface area (Å²) >= 11 is 0. The molecular weight excluding hydrogens is 364 g/mol. The molecule has 29 heavy (non-hydrogen) atoms. The lowest BCUT2D eigenvalue weighted by molar-refractivity contribution is -0.117. The monoisotopic (exact) mass is 390 g/mol. The number of carbonyl (C=O) groups excluding carboxylic acids is 1. The fourth-order valence-electron chi connectivity index (χ4n) is 3.50. The molecule has 1 aliphatic rings. The smallest absolute Gasteiger partial charge is 0.248 e. The van der Waals surface area contributed by atoms with Crippen LogP contribution in [0, 0.1) is 0 Å². The normalized spacial score (nSPS) is 13.8. The van der Waals surface area contributed by atoms with Crippen molar-refractivity contribution < 1.29 is 4.79 Å². The molecule has 0 spiro atoms. The van der Waals surface area contributed by atoms with Gasteiger partial charge in [-0.25, -0.2) is 0 Å². The lowest BCUT2D eigenvalue weighted by Crippen LogP contribution is -2.21. The Morgan fingerprint density at radius 3 is 2.38 bits per heavy atom. The molecule has 7 heteroatoms. The van der Waals surface area contributed by atoms with Crippen LogP contribution in [0.2, 0.25) is 0 Å². The Kier molecular flexibility index (Phi) is 5.55. The van der Waals surface area contributed by atoms with E-state index in [9.17, 15) is 4.79 Å². The lowest BCUT2D eigenvalue weighted by atomic mass is 10.0. The van der Waals surface area contributed by atoms with Crippen molar-refractivity contribution in [3.8, 4) is 11.4 Å². The first kappa shape index (κ1) is 19.1. The molecule has 2 heterocycles. The molecule has 1 saturated heterocycles. The number of nitrogens with zero attached hydrogens (tertiary/aromatic N) is 5. The molecule has 1 amide bonds. The number of tetrazole rings is 1. The van der Waals surface area contributed by atoms with Crippen LogP contribution in [-0.2, 0) is 11.3 Å². The first-order valence-corrected chi connectivity index (χ1v) is 10.1. The van der Waals surface area contributed by atoms with Crippen molar-refractivity contribution in [1.82, 2.24) is 20.2 Å². The number of hydrogen-bond acceptors (Lipinski definition) is 5. The van der Waals surface area contributed by atoms with Gasteiger partial charge in [-0.15, -0.1) is 10.2 Å². The summed E-state index contributed by atoms with van der Waals surface area (Å²) in [5.74, 6) is 0.807. The molecule has 1 N–H and O–H groups in total. The van der Waals surface area contributed by atoms with Crippen LogP contribution >= 0.6 is 0 Å². The van der Waals surface area contributed by atoms with E-state index in [-0.39, 0.29) is 12.5 Å². The zero-order valence-electron chi connectivity index (χ0n) is 16.9. The third kappa shape index (κ3) is 4.62. The zero-order valence-corrected chi connectivity index (χ0v) is 16.9. The molecule has 0 atom stereocenters. The average Bonchev–Trinajstić information content (AvgIpc) is 3.41. The summed E-state index contributed by atoms with van der Waals surface area (Å²) in [6, 6.07) is 16.1. The highest BCUT2D eigenvalue weighted by molar-refractivity contribution is 5.90. The molecule has 1 aromatic heterocycles. The molecule has 0 unspecified atom stereocenters. The molecule has 3 aromatic rings. The van der Waals surface area contributed by atoms with Gasteiger partial charge < -0.3 is 10.2 Å². The van der Waals surface area contributed by atoms with Crippen LogP contribution in [0.15, 0.2) is 48.5 Å². The summed E-state index contributed by atoms with van der Waals surface area (Å²) in [6.07, 6.45) is 2.49. The third-order valence-corrected chi connectivity index (χ3v) is 5.20. The summed E-state index contributed by atoms with van der Waals surface area (Å²) in [7, 11) is 0. The number of aromatic nitrogens is 4. The Balaban J connectivity index is 1.35. The van der Waals surface area contributed by atoms with E-state index in [0.29, 0.717) is 11.7 Å². The summed E-state index contributed by atoms with van der Waals surface area (Å²) in [4.78, 5) is 16.0. The molecular formula is C22H26N6O. The van der Waals surface area contributed by atoms with Crippen molar-refractivity contribution in [2.24, 2.45) is 0 Å². The highest BCUT2D eigenvalue weighted by Crippen LogP contribution is 2.22. The first-order chi connectivity index (χ1) is 14.1. The number of hydrogen-bond donors (Lipinski definition) is 1. The van der Waals surface area contributed by atoms with Gasteiger partial charge in [-0.2, -0.15) is 4.80 Å². The molecule has 0 aliphatic carbocycles. The average molecular weight is 390 g/mol. The fraction of sp³-hybridized carbons (Fsp3) is 0.364. The summed E-state index contributed by atoms with van der Waals surface area (Å²) in [5.41, 5.74) is 4.11. The highest BCUT2D eigenvalue weighted by Gasteiger charge is 2.13. The van der Waals surface area contributed by atoms with Gasteiger partial charge in [0, 0.05) is 30.0 Å². The number of anilines is 2. The van der Waals surface area contributed by atoms with Crippen LogP contribution in [0.1, 0.15) is 38.2 Å². The van der Waals surface area contributed by atoms with E-state index in [1.54, 1.807) is 0 Å². The summed E-state index contributed by atoms with van der Waals surface area (Å²) in [6.45, 7) is 6.54. The van der Waals surface area contributed by atoms with Gasteiger partial charge in [-0.1, -0.05) is 38.1 Å². The molecule has 0 saturated carbocycles. The second-order valence-corrected chi connectivity index (χ2v) is 7.71. The Labute approximate surface area is 170 Å². The van der Waals surface area contributed by atoms with Crippen LogP contribution < -0.4 is 10.2 Å². The minimum absolute atomic E-state index is 0.0188. The van der Waals surface area contributed by atoms with Crippen LogP contribution in [-0.4, -0.2) is 39.2 Å². The van der Waals surface area contributed by atoms with Gasteiger partial charge in [0.2, 0.25) is 11.7 Å². The Morgan fingerprint density at radius 1 is 1.03 bits per heavy atom. The standard InChI is InChI=1S/C22H26N6O/c1-16(2)17-5-7-18(8-6-17)22-24-26-28(25-22)15-21(29)23-19-9-11-20(12-10-19)27-13-3-4-14-27/h5-12,16H,3-4,13-15H2,1-2H3,(H,23,29). The van der Waals surface area contributed by atoms with Crippen molar-refractivity contribution in [3.63, 3.8) is 0 Å². The Hall–Kier alpha value is -3.22.